The SMILES string of the molecule is CN(c1nc2oc(Cc3ccc(F)cc3)c(C(N)=O)c2cc1CCCCCN)S(C)(=O)=O. The molecule has 0 saturated heterocycles. The molecule has 0 spiro atoms. The third-order valence-corrected chi connectivity index (χ3v) is 6.45. The van der Waals surface area contributed by atoms with E-state index in [9.17, 15) is 17.6 Å². The molecule has 32 heavy (non-hydrogen) atoms. The Morgan fingerprint density at radius 1 is 1.19 bits per heavy atom. The molecule has 0 unspecified atom stereocenters. The minimum atomic E-state index is -3.57. The van der Waals surface area contributed by atoms with E-state index in [1.54, 1.807) is 18.2 Å². The molecule has 0 fully saturated rings. The van der Waals surface area contributed by atoms with Crippen molar-refractivity contribution in [3.8, 4) is 0 Å². The lowest BCUT2D eigenvalue weighted by atomic mass is 10.0. The number of anilines is 1. The number of aryl methyl sites for hydroxylation is 1. The fourth-order valence-corrected chi connectivity index (χ4v) is 4.01. The maximum Gasteiger partial charge on any atom is 0.252 e. The third-order valence-electron chi connectivity index (χ3n) is 5.28. The Morgan fingerprint density at radius 2 is 1.88 bits per heavy atom. The van der Waals surface area contributed by atoms with Crippen LogP contribution in [0, 0.1) is 5.82 Å². The molecule has 0 aliphatic heterocycles. The largest absolute Gasteiger partial charge is 0.441 e. The van der Waals surface area contributed by atoms with Crippen molar-refractivity contribution in [1.29, 1.82) is 0 Å². The monoisotopic (exact) mass is 462 g/mol. The summed E-state index contributed by atoms with van der Waals surface area (Å²) in [5.41, 5.74) is 12.9. The van der Waals surface area contributed by atoms with Gasteiger partial charge in [-0.3, -0.25) is 9.10 Å². The van der Waals surface area contributed by atoms with Gasteiger partial charge < -0.3 is 15.9 Å². The number of aromatic nitrogens is 1. The first-order valence-electron chi connectivity index (χ1n) is 10.2. The zero-order chi connectivity index (χ0) is 23.5. The van der Waals surface area contributed by atoms with Crippen LogP contribution in [0.15, 0.2) is 34.7 Å². The van der Waals surface area contributed by atoms with Gasteiger partial charge in [-0.15, -0.1) is 0 Å². The van der Waals surface area contributed by atoms with Crippen molar-refractivity contribution in [3.05, 3.63) is 58.6 Å². The second-order valence-corrected chi connectivity index (χ2v) is 9.74. The van der Waals surface area contributed by atoms with Gasteiger partial charge in [-0.25, -0.2) is 12.8 Å². The molecule has 0 aliphatic carbocycles. The Kier molecular flexibility index (Phi) is 7.15. The lowest BCUT2D eigenvalue weighted by molar-refractivity contribution is 0.1000. The van der Waals surface area contributed by atoms with Gasteiger partial charge in [-0.05, 0) is 55.1 Å². The van der Waals surface area contributed by atoms with Gasteiger partial charge in [-0.1, -0.05) is 18.6 Å². The average Bonchev–Trinajstić information content (AvgIpc) is 3.08. The van der Waals surface area contributed by atoms with Gasteiger partial charge in [0.1, 0.15) is 17.4 Å². The summed E-state index contributed by atoms with van der Waals surface area (Å²) in [4.78, 5) is 16.7. The third kappa shape index (κ3) is 5.25. The number of furan rings is 1. The fraction of sp³-hybridized carbons (Fsp3) is 0.364. The molecule has 3 rings (SSSR count). The molecule has 2 heterocycles. The minimum Gasteiger partial charge on any atom is -0.441 e. The van der Waals surface area contributed by atoms with E-state index in [4.69, 9.17) is 15.9 Å². The number of hydrogen-bond acceptors (Lipinski definition) is 6. The predicted octanol–water partition coefficient (Wildman–Crippen LogP) is 2.72. The highest BCUT2D eigenvalue weighted by atomic mass is 32.2. The molecule has 172 valence electrons. The molecule has 4 N–H and O–H groups in total. The number of nitrogens with zero attached hydrogens (tertiary/aromatic N) is 2. The molecule has 1 aromatic carbocycles. The van der Waals surface area contributed by atoms with Crippen LogP contribution in [0.5, 0.6) is 0 Å². The number of amides is 1. The number of hydrogen-bond donors (Lipinski definition) is 2. The van der Waals surface area contributed by atoms with E-state index in [-0.39, 0.29) is 29.3 Å². The van der Waals surface area contributed by atoms with Gasteiger partial charge in [0, 0.05) is 13.5 Å². The van der Waals surface area contributed by atoms with Gasteiger partial charge in [-0.2, -0.15) is 4.98 Å². The zero-order valence-corrected chi connectivity index (χ0v) is 18.9. The summed E-state index contributed by atoms with van der Waals surface area (Å²) < 4.78 is 44.5. The van der Waals surface area contributed by atoms with Crippen LogP contribution in [0.1, 0.15) is 46.5 Å². The number of primary amides is 1. The standard InChI is InChI=1S/C22H27FN4O4S/c1-27(32(2,29)30)21-15(6-4-3-5-11-24)13-17-19(20(25)28)18(31-22(17)26-21)12-14-7-9-16(23)10-8-14/h7-10,13H,3-6,11-12,24H2,1-2H3,(H2,25,28). The van der Waals surface area contributed by atoms with Crippen LogP contribution in [-0.2, 0) is 22.9 Å². The first kappa shape index (κ1) is 23.7. The number of nitrogens with two attached hydrogens (primary N) is 2. The maximum absolute atomic E-state index is 13.2. The van der Waals surface area contributed by atoms with Crippen molar-refractivity contribution < 1.29 is 22.0 Å². The second-order valence-electron chi connectivity index (χ2n) is 7.72. The Labute approximate surface area is 186 Å². The Bertz CT molecular complexity index is 1220. The summed E-state index contributed by atoms with van der Waals surface area (Å²) >= 11 is 0. The first-order chi connectivity index (χ1) is 15.1. The Morgan fingerprint density at radius 3 is 2.47 bits per heavy atom. The average molecular weight is 463 g/mol. The minimum absolute atomic E-state index is 0.118. The second kappa shape index (κ2) is 9.66. The summed E-state index contributed by atoms with van der Waals surface area (Å²) in [5, 5.41) is 0.425. The van der Waals surface area contributed by atoms with E-state index >= 15 is 0 Å². The van der Waals surface area contributed by atoms with E-state index in [2.05, 4.69) is 4.98 Å². The number of carbonyl (C=O) groups is 1. The molecule has 10 heteroatoms. The van der Waals surface area contributed by atoms with E-state index in [1.165, 1.54) is 19.2 Å². The summed E-state index contributed by atoms with van der Waals surface area (Å²) in [6, 6.07) is 7.54. The number of unbranched alkanes of at least 4 members (excludes halogenated alkanes) is 2. The number of sulfonamides is 1. The van der Waals surface area contributed by atoms with Crippen molar-refractivity contribution in [2.75, 3.05) is 24.2 Å². The van der Waals surface area contributed by atoms with Gasteiger partial charge in [0.25, 0.3) is 5.91 Å². The van der Waals surface area contributed by atoms with Crippen LogP contribution in [0.3, 0.4) is 0 Å². The van der Waals surface area contributed by atoms with Gasteiger partial charge in [0.15, 0.2) is 0 Å². The molecule has 1 amide bonds. The van der Waals surface area contributed by atoms with Crippen LogP contribution in [-0.4, -0.2) is 39.2 Å². The fourth-order valence-electron chi connectivity index (χ4n) is 3.54. The molecule has 0 aliphatic rings. The molecule has 2 aromatic heterocycles. The first-order valence-corrected chi connectivity index (χ1v) is 12.1. The number of rotatable bonds is 10. The van der Waals surface area contributed by atoms with E-state index < -0.39 is 15.9 Å². The molecule has 8 nitrogen and oxygen atoms in total. The van der Waals surface area contributed by atoms with Crippen molar-refractivity contribution in [1.82, 2.24) is 4.98 Å². The van der Waals surface area contributed by atoms with E-state index in [1.807, 2.05) is 0 Å². The van der Waals surface area contributed by atoms with Gasteiger partial charge in [0.2, 0.25) is 15.7 Å². The highest BCUT2D eigenvalue weighted by molar-refractivity contribution is 7.92. The molecular formula is C22H27FN4O4S. The number of fused-ring (bicyclic) bond motifs is 1. The van der Waals surface area contributed by atoms with Crippen molar-refractivity contribution in [2.45, 2.75) is 32.1 Å². The van der Waals surface area contributed by atoms with Crippen LogP contribution in [0.2, 0.25) is 0 Å². The van der Waals surface area contributed by atoms with Crippen molar-refractivity contribution in [2.24, 2.45) is 11.5 Å². The van der Waals surface area contributed by atoms with Gasteiger partial charge >= 0.3 is 0 Å². The summed E-state index contributed by atoms with van der Waals surface area (Å²) in [6.45, 7) is 0.577. The summed E-state index contributed by atoms with van der Waals surface area (Å²) in [6.07, 6.45) is 4.36. The topological polar surface area (TPSA) is 133 Å². The summed E-state index contributed by atoms with van der Waals surface area (Å²) in [7, 11) is -2.15. The molecule has 0 radical (unpaired) electrons. The molecule has 0 saturated carbocycles. The normalized spacial score (nSPS) is 11.8. The smallest absolute Gasteiger partial charge is 0.252 e. The molecule has 3 aromatic rings. The summed E-state index contributed by atoms with van der Waals surface area (Å²) in [5.74, 6) is -0.519. The van der Waals surface area contributed by atoms with Crippen molar-refractivity contribution in [3.63, 3.8) is 0 Å². The van der Waals surface area contributed by atoms with Crippen molar-refractivity contribution >= 4 is 32.8 Å². The number of halogens is 1. The Hall–Kier alpha value is -2.98. The number of benzene rings is 1. The number of carbonyl (C=O) groups excluding carboxylic acids is 1. The highest BCUT2D eigenvalue weighted by Gasteiger charge is 2.25. The highest BCUT2D eigenvalue weighted by Crippen LogP contribution is 2.32. The molecular weight excluding hydrogens is 435 g/mol. The van der Waals surface area contributed by atoms with Crippen LogP contribution >= 0.6 is 0 Å². The zero-order valence-electron chi connectivity index (χ0n) is 18.1. The van der Waals surface area contributed by atoms with Gasteiger partial charge in [0.05, 0.1) is 17.2 Å². The number of pyridine rings is 1. The predicted molar refractivity (Wildman–Crippen MR) is 122 cm³/mol. The molecule has 0 atom stereocenters. The lowest BCUT2D eigenvalue weighted by Gasteiger charge is -2.19. The van der Waals surface area contributed by atoms with Crippen LogP contribution < -0.4 is 15.8 Å². The van der Waals surface area contributed by atoms with E-state index in [0.29, 0.717) is 29.7 Å². The van der Waals surface area contributed by atoms with Crippen LogP contribution in [0.4, 0.5) is 10.2 Å². The van der Waals surface area contributed by atoms with Crippen LogP contribution in [0.25, 0.3) is 11.1 Å². The maximum atomic E-state index is 13.2. The lowest BCUT2D eigenvalue weighted by Crippen LogP contribution is -2.27. The van der Waals surface area contributed by atoms with E-state index in [0.717, 1.165) is 35.4 Å². The quantitative estimate of drug-likeness (QED) is 0.445. The molecule has 0 bridgehead atoms. The Balaban J connectivity index is 2.12.